The number of ether oxygens (including phenoxy) is 1. The number of halogens is 1. The Morgan fingerprint density at radius 3 is 3.00 bits per heavy atom. The second kappa shape index (κ2) is 6.07. The maximum atomic E-state index is 12.0. The first-order chi connectivity index (χ1) is 8.70. The number of carbonyl (C=O) groups is 1. The Morgan fingerprint density at radius 1 is 1.50 bits per heavy atom. The molecule has 1 atom stereocenters. The summed E-state index contributed by atoms with van der Waals surface area (Å²) >= 11 is 6.05. The standard InChI is InChI=1S/C13H17ClN2O2/c1-18-9-5-6-10(14)12(8-9)16-13(17)11-4-2-3-7-15-11/h5-6,8,11,15H,2-4,7H2,1H3,(H,16,17). The molecule has 1 saturated heterocycles. The van der Waals surface area contributed by atoms with Gasteiger partial charge < -0.3 is 15.4 Å². The predicted molar refractivity (Wildman–Crippen MR) is 72.3 cm³/mol. The van der Waals surface area contributed by atoms with Gasteiger partial charge >= 0.3 is 0 Å². The van der Waals surface area contributed by atoms with Crippen molar-refractivity contribution in [1.29, 1.82) is 0 Å². The third kappa shape index (κ3) is 3.15. The number of carbonyl (C=O) groups excluding carboxylic acids is 1. The molecule has 98 valence electrons. The second-order valence-electron chi connectivity index (χ2n) is 4.34. The normalized spacial score (nSPS) is 19.3. The van der Waals surface area contributed by atoms with Gasteiger partial charge in [0.05, 0.1) is 23.9 Å². The van der Waals surface area contributed by atoms with Gasteiger partial charge in [-0.2, -0.15) is 0 Å². The van der Waals surface area contributed by atoms with Crippen LogP contribution in [0.4, 0.5) is 5.69 Å². The fourth-order valence-corrected chi connectivity index (χ4v) is 2.19. The van der Waals surface area contributed by atoms with Crippen LogP contribution in [0.1, 0.15) is 19.3 Å². The van der Waals surface area contributed by atoms with Gasteiger partial charge in [0.1, 0.15) is 5.75 Å². The first-order valence-corrected chi connectivity index (χ1v) is 6.46. The number of benzene rings is 1. The molecule has 0 aliphatic carbocycles. The minimum atomic E-state index is -0.124. The van der Waals surface area contributed by atoms with Gasteiger partial charge in [0.15, 0.2) is 0 Å². The van der Waals surface area contributed by atoms with E-state index in [1.54, 1.807) is 25.3 Å². The van der Waals surface area contributed by atoms with Gasteiger partial charge in [-0.1, -0.05) is 18.0 Å². The van der Waals surface area contributed by atoms with Crippen molar-refractivity contribution >= 4 is 23.2 Å². The molecule has 0 radical (unpaired) electrons. The van der Waals surface area contributed by atoms with E-state index in [9.17, 15) is 4.79 Å². The molecule has 0 saturated carbocycles. The number of piperidine rings is 1. The molecule has 1 aromatic rings. The van der Waals surface area contributed by atoms with Crippen LogP contribution >= 0.6 is 11.6 Å². The minimum absolute atomic E-state index is 0.0372. The molecule has 2 N–H and O–H groups in total. The Balaban J connectivity index is 2.05. The van der Waals surface area contributed by atoms with E-state index in [4.69, 9.17) is 16.3 Å². The number of nitrogens with one attached hydrogen (secondary N) is 2. The zero-order valence-corrected chi connectivity index (χ0v) is 11.1. The van der Waals surface area contributed by atoms with Crippen LogP contribution in [0.2, 0.25) is 5.02 Å². The van der Waals surface area contributed by atoms with E-state index in [1.165, 1.54) is 0 Å². The van der Waals surface area contributed by atoms with Crippen molar-refractivity contribution in [3.05, 3.63) is 23.2 Å². The summed E-state index contributed by atoms with van der Waals surface area (Å²) < 4.78 is 5.11. The number of hydrogen-bond acceptors (Lipinski definition) is 3. The summed E-state index contributed by atoms with van der Waals surface area (Å²) in [6, 6.07) is 5.07. The third-order valence-corrected chi connectivity index (χ3v) is 3.39. The Hall–Kier alpha value is -1.26. The summed E-state index contributed by atoms with van der Waals surface area (Å²) in [5, 5.41) is 6.56. The van der Waals surface area contributed by atoms with Crippen LogP contribution < -0.4 is 15.4 Å². The molecule has 1 fully saturated rings. The van der Waals surface area contributed by atoms with Crippen molar-refractivity contribution in [3.63, 3.8) is 0 Å². The largest absolute Gasteiger partial charge is 0.497 e. The van der Waals surface area contributed by atoms with E-state index in [0.29, 0.717) is 16.5 Å². The van der Waals surface area contributed by atoms with E-state index >= 15 is 0 Å². The van der Waals surface area contributed by atoms with Crippen molar-refractivity contribution in [3.8, 4) is 5.75 Å². The lowest BCUT2D eigenvalue weighted by Gasteiger charge is -2.22. The van der Waals surface area contributed by atoms with Gasteiger partial charge in [-0.25, -0.2) is 0 Å². The molecule has 4 nitrogen and oxygen atoms in total. The number of anilines is 1. The Labute approximate surface area is 112 Å². The lowest BCUT2D eigenvalue weighted by Crippen LogP contribution is -2.43. The third-order valence-electron chi connectivity index (χ3n) is 3.06. The number of rotatable bonds is 3. The van der Waals surface area contributed by atoms with Crippen LogP contribution in [0.15, 0.2) is 18.2 Å². The molecule has 0 bridgehead atoms. The van der Waals surface area contributed by atoms with Gasteiger partial charge in [0, 0.05) is 6.07 Å². The SMILES string of the molecule is COc1ccc(Cl)c(NC(=O)C2CCCCN2)c1. The van der Waals surface area contributed by atoms with Crippen molar-refractivity contribution in [2.24, 2.45) is 0 Å². The minimum Gasteiger partial charge on any atom is -0.497 e. The van der Waals surface area contributed by atoms with Crippen molar-refractivity contribution in [1.82, 2.24) is 5.32 Å². The van der Waals surface area contributed by atoms with Crippen LogP contribution in [-0.2, 0) is 4.79 Å². The predicted octanol–water partition coefficient (Wildman–Crippen LogP) is 2.43. The first-order valence-electron chi connectivity index (χ1n) is 6.08. The van der Waals surface area contributed by atoms with Gasteiger partial charge in [0.25, 0.3) is 0 Å². The Bertz CT molecular complexity index is 431. The van der Waals surface area contributed by atoms with Crippen LogP contribution in [0.3, 0.4) is 0 Å². The summed E-state index contributed by atoms with van der Waals surface area (Å²) in [6.45, 7) is 0.893. The smallest absolute Gasteiger partial charge is 0.241 e. The average Bonchev–Trinajstić information content (AvgIpc) is 2.42. The fourth-order valence-electron chi connectivity index (χ4n) is 2.02. The molecule has 18 heavy (non-hydrogen) atoms. The molecular formula is C13H17ClN2O2. The number of amides is 1. The van der Waals surface area contributed by atoms with Crippen LogP contribution in [0, 0.1) is 0 Å². The maximum absolute atomic E-state index is 12.0. The van der Waals surface area contributed by atoms with Crippen molar-refractivity contribution in [2.45, 2.75) is 25.3 Å². The molecule has 1 aliphatic rings. The topological polar surface area (TPSA) is 50.4 Å². The van der Waals surface area contributed by atoms with E-state index in [0.717, 1.165) is 25.8 Å². The number of methoxy groups -OCH3 is 1. The molecule has 2 rings (SSSR count). The van der Waals surface area contributed by atoms with E-state index in [1.807, 2.05) is 0 Å². The molecule has 1 heterocycles. The molecule has 1 aliphatic heterocycles. The van der Waals surface area contributed by atoms with Gasteiger partial charge in [0.2, 0.25) is 5.91 Å². The molecule has 1 aromatic carbocycles. The molecule has 1 unspecified atom stereocenters. The lowest BCUT2D eigenvalue weighted by atomic mass is 10.0. The Morgan fingerprint density at radius 2 is 2.33 bits per heavy atom. The Kier molecular flexibility index (Phi) is 4.44. The van der Waals surface area contributed by atoms with Gasteiger partial charge in [-0.3, -0.25) is 4.79 Å². The summed E-state index contributed by atoms with van der Waals surface area (Å²) in [5.41, 5.74) is 0.591. The zero-order chi connectivity index (χ0) is 13.0. The van der Waals surface area contributed by atoms with Crippen molar-refractivity contribution in [2.75, 3.05) is 19.0 Å². The summed E-state index contributed by atoms with van der Waals surface area (Å²) in [4.78, 5) is 12.0. The first kappa shape index (κ1) is 13.2. The highest BCUT2D eigenvalue weighted by Gasteiger charge is 2.21. The number of hydrogen-bond donors (Lipinski definition) is 2. The lowest BCUT2D eigenvalue weighted by molar-refractivity contribution is -0.118. The van der Waals surface area contributed by atoms with Gasteiger partial charge in [-0.05, 0) is 31.5 Å². The fraction of sp³-hybridized carbons (Fsp3) is 0.462. The summed E-state index contributed by atoms with van der Waals surface area (Å²) in [7, 11) is 1.58. The van der Waals surface area contributed by atoms with E-state index in [2.05, 4.69) is 10.6 Å². The van der Waals surface area contributed by atoms with Gasteiger partial charge in [-0.15, -0.1) is 0 Å². The zero-order valence-electron chi connectivity index (χ0n) is 10.3. The molecule has 0 aromatic heterocycles. The van der Waals surface area contributed by atoms with Crippen LogP contribution in [0.25, 0.3) is 0 Å². The maximum Gasteiger partial charge on any atom is 0.241 e. The second-order valence-corrected chi connectivity index (χ2v) is 4.74. The quantitative estimate of drug-likeness (QED) is 0.885. The highest BCUT2D eigenvalue weighted by Crippen LogP contribution is 2.27. The average molecular weight is 269 g/mol. The summed E-state index contributed by atoms with van der Waals surface area (Å²) in [5.74, 6) is 0.635. The molecule has 0 spiro atoms. The van der Waals surface area contributed by atoms with E-state index in [-0.39, 0.29) is 11.9 Å². The molecule has 1 amide bonds. The highest BCUT2D eigenvalue weighted by atomic mass is 35.5. The molecular weight excluding hydrogens is 252 g/mol. The van der Waals surface area contributed by atoms with Crippen molar-refractivity contribution < 1.29 is 9.53 Å². The highest BCUT2D eigenvalue weighted by molar-refractivity contribution is 6.33. The monoisotopic (exact) mass is 268 g/mol. The van der Waals surface area contributed by atoms with E-state index < -0.39 is 0 Å². The van der Waals surface area contributed by atoms with Crippen LogP contribution in [0.5, 0.6) is 5.75 Å². The molecule has 5 heteroatoms. The summed E-state index contributed by atoms with van der Waals surface area (Å²) in [6.07, 6.45) is 3.08. The van der Waals surface area contributed by atoms with Crippen LogP contribution in [-0.4, -0.2) is 25.6 Å².